The molecule has 2 heterocycles. The highest BCUT2D eigenvalue weighted by Gasteiger charge is 2.40. The fourth-order valence-electron chi connectivity index (χ4n) is 4.73. The van der Waals surface area contributed by atoms with Crippen LogP contribution in [0.4, 0.5) is 5.69 Å². The topological polar surface area (TPSA) is 42.0 Å². The van der Waals surface area contributed by atoms with Crippen molar-refractivity contribution in [1.82, 2.24) is 4.98 Å². The number of allylic oxidation sites excluding steroid dienone is 1. The van der Waals surface area contributed by atoms with Crippen LogP contribution in [-0.2, 0) is 4.79 Å². The largest absolute Gasteiger partial charge is 0.373 e. The van der Waals surface area contributed by atoms with Crippen LogP contribution in [0.2, 0.25) is 0 Å². The van der Waals surface area contributed by atoms with Crippen molar-refractivity contribution in [3.05, 3.63) is 77.0 Å². The standard InChI is InChI=1S/C25H24N2O/c1-15-6-8-16(9-7-15)24-23-18(13-25(2,3)14-21(23)28)22-17-5-4-12-26-19(17)10-11-20(22)27-24/h4-12,24,27H,13-14H2,1-3H3/t24-/m0/s1. The van der Waals surface area contributed by atoms with Crippen molar-refractivity contribution in [2.24, 2.45) is 5.41 Å². The zero-order chi connectivity index (χ0) is 19.5. The van der Waals surface area contributed by atoms with Gasteiger partial charge in [-0.1, -0.05) is 49.7 Å². The number of aryl methyl sites for hydroxylation is 1. The SMILES string of the molecule is Cc1ccc([C@@H]2Nc3ccc4ncccc4c3C3=C2C(=O)CC(C)(C)C3)cc1. The van der Waals surface area contributed by atoms with Gasteiger partial charge in [0.15, 0.2) is 5.78 Å². The Hall–Kier alpha value is -2.94. The van der Waals surface area contributed by atoms with Gasteiger partial charge in [0.05, 0.1) is 11.6 Å². The van der Waals surface area contributed by atoms with Gasteiger partial charge in [-0.25, -0.2) is 0 Å². The van der Waals surface area contributed by atoms with Gasteiger partial charge in [-0.2, -0.15) is 0 Å². The summed E-state index contributed by atoms with van der Waals surface area (Å²) in [5.74, 6) is 0.260. The number of aromatic nitrogens is 1. The maximum Gasteiger partial charge on any atom is 0.162 e. The number of carbonyl (C=O) groups is 1. The second kappa shape index (κ2) is 6.03. The van der Waals surface area contributed by atoms with E-state index in [2.05, 4.69) is 73.5 Å². The average Bonchev–Trinajstić information content (AvgIpc) is 2.66. The van der Waals surface area contributed by atoms with E-state index in [1.54, 1.807) is 0 Å². The first-order chi connectivity index (χ1) is 13.4. The van der Waals surface area contributed by atoms with Crippen LogP contribution in [0.15, 0.2) is 60.3 Å². The van der Waals surface area contributed by atoms with Crippen LogP contribution in [0.1, 0.15) is 49.4 Å². The third-order valence-electron chi connectivity index (χ3n) is 6.01. The van der Waals surface area contributed by atoms with Gasteiger partial charge in [0.25, 0.3) is 0 Å². The molecule has 0 saturated heterocycles. The number of hydrogen-bond acceptors (Lipinski definition) is 3. The number of nitrogens with one attached hydrogen (secondary N) is 1. The number of hydrogen-bond donors (Lipinski definition) is 1. The Morgan fingerprint density at radius 2 is 1.82 bits per heavy atom. The Balaban J connectivity index is 1.79. The zero-order valence-electron chi connectivity index (χ0n) is 16.5. The van der Waals surface area contributed by atoms with Crippen LogP contribution in [0, 0.1) is 12.3 Å². The van der Waals surface area contributed by atoms with Crippen molar-refractivity contribution in [2.45, 2.75) is 39.7 Å². The Kier molecular flexibility index (Phi) is 3.70. The molecule has 1 aliphatic heterocycles. The highest BCUT2D eigenvalue weighted by atomic mass is 16.1. The Morgan fingerprint density at radius 3 is 2.61 bits per heavy atom. The molecule has 140 valence electrons. The summed E-state index contributed by atoms with van der Waals surface area (Å²) in [4.78, 5) is 17.9. The molecule has 3 aromatic rings. The van der Waals surface area contributed by atoms with E-state index in [0.29, 0.717) is 6.42 Å². The fraction of sp³-hybridized carbons (Fsp3) is 0.280. The third-order valence-corrected chi connectivity index (χ3v) is 6.01. The molecule has 0 bridgehead atoms. The van der Waals surface area contributed by atoms with E-state index in [1.807, 2.05) is 12.3 Å². The number of anilines is 1. The third kappa shape index (κ3) is 2.65. The summed E-state index contributed by atoms with van der Waals surface area (Å²) in [6, 6.07) is 16.7. The lowest BCUT2D eigenvalue weighted by Crippen LogP contribution is -2.33. The molecule has 0 spiro atoms. The Bertz CT molecular complexity index is 1140. The first kappa shape index (κ1) is 17.2. The van der Waals surface area contributed by atoms with E-state index in [4.69, 9.17) is 0 Å². The molecule has 28 heavy (non-hydrogen) atoms. The van der Waals surface area contributed by atoms with Crippen LogP contribution < -0.4 is 5.32 Å². The maximum atomic E-state index is 13.3. The molecular formula is C25H24N2O. The van der Waals surface area contributed by atoms with Crippen LogP contribution in [0.5, 0.6) is 0 Å². The number of Topliss-reactive ketones (excluding diaryl/α,β-unsaturated/α-hetero) is 1. The van der Waals surface area contributed by atoms with E-state index < -0.39 is 0 Å². The average molecular weight is 368 g/mol. The minimum absolute atomic E-state index is 0.0350. The van der Waals surface area contributed by atoms with Crippen molar-refractivity contribution < 1.29 is 4.79 Å². The number of benzene rings is 2. The number of fused-ring (bicyclic) bond motifs is 4. The maximum absolute atomic E-state index is 13.3. The van der Waals surface area contributed by atoms with Gasteiger partial charge < -0.3 is 5.32 Å². The van der Waals surface area contributed by atoms with E-state index in [1.165, 1.54) is 11.1 Å². The highest BCUT2D eigenvalue weighted by molar-refractivity contribution is 6.12. The first-order valence-electron chi connectivity index (χ1n) is 9.90. The minimum Gasteiger partial charge on any atom is -0.373 e. The lowest BCUT2D eigenvalue weighted by Gasteiger charge is -2.40. The molecule has 0 radical (unpaired) electrons. The highest BCUT2D eigenvalue weighted by Crippen LogP contribution is 2.51. The van der Waals surface area contributed by atoms with Gasteiger partial charge in [-0.05, 0) is 48.1 Å². The Morgan fingerprint density at radius 1 is 1.04 bits per heavy atom. The lowest BCUT2D eigenvalue weighted by molar-refractivity contribution is -0.118. The normalized spacial score (nSPS) is 20.5. The van der Waals surface area contributed by atoms with Crippen molar-refractivity contribution in [3.8, 4) is 0 Å². The predicted molar refractivity (Wildman–Crippen MR) is 114 cm³/mol. The molecule has 3 nitrogen and oxygen atoms in total. The molecule has 1 aromatic heterocycles. The molecule has 1 atom stereocenters. The number of nitrogens with zero attached hydrogens (tertiary/aromatic N) is 1. The molecule has 0 unspecified atom stereocenters. The smallest absolute Gasteiger partial charge is 0.162 e. The van der Waals surface area contributed by atoms with Crippen LogP contribution >= 0.6 is 0 Å². The van der Waals surface area contributed by atoms with Gasteiger partial charge in [-0.15, -0.1) is 0 Å². The summed E-state index contributed by atoms with van der Waals surface area (Å²) < 4.78 is 0. The molecule has 2 aromatic carbocycles. The summed E-state index contributed by atoms with van der Waals surface area (Å²) in [7, 11) is 0. The van der Waals surface area contributed by atoms with Gasteiger partial charge in [0.1, 0.15) is 0 Å². The molecule has 1 N–H and O–H groups in total. The van der Waals surface area contributed by atoms with E-state index in [-0.39, 0.29) is 17.2 Å². The monoisotopic (exact) mass is 368 g/mol. The summed E-state index contributed by atoms with van der Waals surface area (Å²) in [5.41, 5.74) is 7.68. The molecular weight excluding hydrogens is 344 g/mol. The van der Waals surface area contributed by atoms with Crippen LogP contribution in [-0.4, -0.2) is 10.8 Å². The predicted octanol–water partition coefficient (Wildman–Crippen LogP) is 5.85. The fourth-order valence-corrected chi connectivity index (χ4v) is 4.73. The van der Waals surface area contributed by atoms with Crippen LogP contribution in [0.25, 0.3) is 16.5 Å². The molecule has 5 rings (SSSR count). The van der Waals surface area contributed by atoms with Crippen molar-refractivity contribution in [2.75, 3.05) is 5.32 Å². The van der Waals surface area contributed by atoms with Gasteiger partial charge >= 0.3 is 0 Å². The number of carbonyl (C=O) groups excluding carboxylic acids is 1. The Labute approximate surface area is 165 Å². The number of pyridine rings is 1. The van der Waals surface area contributed by atoms with Crippen LogP contribution in [0.3, 0.4) is 0 Å². The van der Waals surface area contributed by atoms with Gasteiger partial charge in [0, 0.05) is 34.8 Å². The summed E-state index contributed by atoms with van der Waals surface area (Å²) in [6.07, 6.45) is 3.32. The van der Waals surface area contributed by atoms with E-state index in [0.717, 1.165) is 39.7 Å². The molecule has 0 fully saturated rings. The summed E-state index contributed by atoms with van der Waals surface area (Å²) in [6.45, 7) is 6.48. The number of ketones is 1. The second-order valence-electron chi connectivity index (χ2n) is 8.88. The van der Waals surface area contributed by atoms with Crippen molar-refractivity contribution >= 4 is 27.9 Å². The van der Waals surface area contributed by atoms with Gasteiger partial charge in [-0.3, -0.25) is 9.78 Å². The first-order valence-corrected chi connectivity index (χ1v) is 9.90. The van der Waals surface area contributed by atoms with Crippen molar-refractivity contribution in [1.29, 1.82) is 0 Å². The van der Waals surface area contributed by atoms with E-state index >= 15 is 0 Å². The summed E-state index contributed by atoms with van der Waals surface area (Å²) in [5, 5.41) is 4.79. The molecule has 0 saturated carbocycles. The zero-order valence-corrected chi connectivity index (χ0v) is 16.5. The lowest BCUT2D eigenvalue weighted by atomic mass is 9.68. The molecule has 3 heteroatoms. The van der Waals surface area contributed by atoms with Crippen molar-refractivity contribution in [3.63, 3.8) is 0 Å². The molecule has 2 aliphatic rings. The second-order valence-corrected chi connectivity index (χ2v) is 8.88. The molecule has 1 aliphatic carbocycles. The van der Waals surface area contributed by atoms with Gasteiger partial charge in [0.2, 0.25) is 0 Å². The van der Waals surface area contributed by atoms with E-state index in [9.17, 15) is 4.79 Å². The summed E-state index contributed by atoms with van der Waals surface area (Å²) >= 11 is 0. The number of rotatable bonds is 1. The quantitative estimate of drug-likeness (QED) is 0.585. The molecule has 0 amide bonds. The minimum atomic E-state index is -0.0965.